The molecule has 0 aliphatic rings. The fraction of sp³-hybridized carbons (Fsp3) is 0. The summed E-state index contributed by atoms with van der Waals surface area (Å²) in [6.07, 6.45) is 0. The smallest absolute Gasteiger partial charge is 0.323 e. The molecule has 0 amide bonds. The molecule has 0 saturated carbocycles. The molecular formula is C8H6Cl2N4O. The van der Waals surface area contributed by atoms with Gasteiger partial charge in [0.05, 0.1) is 10.7 Å². The molecule has 0 bridgehead atoms. The first-order valence-corrected chi connectivity index (χ1v) is 4.77. The van der Waals surface area contributed by atoms with Crippen molar-refractivity contribution in [2.75, 3.05) is 5.32 Å². The largest absolute Gasteiger partial charge is 0.342 e. The van der Waals surface area contributed by atoms with Crippen LogP contribution < -0.4 is 11.0 Å². The highest BCUT2D eigenvalue weighted by molar-refractivity contribution is 6.36. The lowest BCUT2D eigenvalue weighted by Gasteiger charge is -2.04. The second-order valence-electron chi connectivity index (χ2n) is 2.78. The van der Waals surface area contributed by atoms with Gasteiger partial charge in [0.25, 0.3) is 0 Å². The second-order valence-corrected chi connectivity index (χ2v) is 3.62. The maximum Gasteiger partial charge on any atom is 0.342 e. The second kappa shape index (κ2) is 3.96. The molecule has 0 saturated heterocycles. The standard InChI is InChI=1S/C8H6Cl2N4O/c9-4-1-2-6(5(10)3-4)11-7-12-8(15)14-13-7/h1-3H,(H3,11,12,13,14,15). The third-order valence-corrected chi connectivity index (χ3v) is 2.23. The van der Waals surface area contributed by atoms with Gasteiger partial charge >= 0.3 is 5.69 Å². The van der Waals surface area contributed by atoms with Gasteiger partial charge in [0.1, 0.15) is 0 Å². The van der Waals surface area contributed by atoms with Crippen LogP contribution in [0.2, 0.25) is 10.0 Å². The molecule has 0 unspecified atom stereocenters. The van der Waals surface area contributed by atoms with Crippen LogP contribution in [0.25, 0.3) is 0 Å². The van der Waals surface area contributed by atoms with Gasteiger partial charge in [0, 0.05) is 5.02 Å². The molecule has 7 heteroatoms. The first-order chi connectivity index (χ1) is 7.15. The molecule has 1 aromatic heterocycles. The monoisotopic (exact) mass is 244 g/mol. The van der Waals surface area contributed by atoms with E-state index in [1.54, 1.807) is 18.2 Å². The molecule has 2 aromatic rings. The van der Waals surface area contributed by atoms with E-state index >= 15 is 0 Å². The third kappa shape index (κ3) is 2.31. The summed E-state index contributed by atoms with van der Waals surface area (Å²) < 4.78 is 0. The Hall–Kier alpha value is -1.46. The number of hydrogen-bond donors (Lipinski definition) is 3. The molecule has 5 nitrogen and oxygen atoms in total. The molecular weight excluding hydrogens is 239 g/mol. The molecule has 1 aromatic carbocycles. The quantitative estimate of drug-likeness (QED) is 0.758. The molecule has 0 aliphatic heterocycles. The van der Waals surface area contributed by atoms with Crippen LogP contribution in [0, 0.1) is 0 Å². The van der Waals surface area contributed by atoms with Crippen molar-refractivity contribution < 1.29 is 0 Å². The Kier molecular flexibility index (Phi) is 2.66. The lowest BCUT2D eigenvalue weighted by atomic mass is 10.3. The fourth-order valence-electron chi connectivity index (χ4n) is 1.05. The number of aromatic nitrogens is 3. The minimum Gasteiger partial charge on any atom is -0.323 e. The first kappa shape index (κ1) is 10.1. The minimum absolute atomic E-state index is 0.296. The molecule has 15 heavy (non-hydrogen) atoms. The summed E-state index contributed by atoms with van der Waals surface area (Å²) in [5, 5.41) is 9.73. The SMILES string of the molecule is O=c1[nH]nc(Nc2ccc(Cl)cc2Cl)[nH]1. The predicted molar refractivity (Wildman–Crippen MR) is 59.0 cm³/mol. The van der Waals surface area contributed by atoms with Crippen LogP contribution in [0.3, 0.4) is 0 Å². The van der Waals surface area contributed by atoms with Crippen LogP contribution in [0.1, 0.15) is 0 Å². The van der Waals surface area contributed by atoms with Crippen molar-refractivity contribution in [3.8, 4) is 0 Å². The van der Waals surface area contributed by atoms with Crippen LogP contribution in [0.15, 0.2) is 23.0 Å². The van der Waals surface area contributed by atoms with Crippen LogP contribution in [0.5, 0.6) is 0 Å². The molecule has 2 rings (SSSR count). The van der Waals surface area contributed by atoms with Gasteiger partial charge < -0.3 is 5.32 Å². The van der Waals surface area contributed by atoms with Crippen molar-refractivity contribution in [3.63, 3.8) is 0 Å². The predicted octanol–water partition coefficient (Wildman–Crippen LogP) is 2.15. The van der Waals surface area contributed by atoms with Gasteiger partial charge in [0.15, 0.2) is 0 Å². The van der Waals surface area contributed by atoms with Crippen LogP contribution in [-0.4, -0.2) is 15.2 Å². The van der Waals surface area contributed by atoms with E-state index in [0.29, 0.717) is 21.7 Å². The molecule has 1 heterocycles. The molecule has 78 valence electrons. The topological polar surface area (TPSA) is 73.6 Å². The van der Waals surface area contributed by atoms with Crippen LogP contribution in [0.4, 0.5) is 11.6 Å². The Balaban J connectivity index is 2.28. The summed E-state index contributed by atoms with van der Waals surface area (Å²) in [7, 11) is 0. The molecule has 3 N–H and O–H groups in total. The maximum atomic E-state index is 10.8. The van der Waals surface area contributed by atoms with E-state index in [1.807, 2.05) is 0 Å². The Labute approximate surface area is 94.4 Å². The highest BCUT2D eigenvalue weighted by Crippen LogP contribution is 2.26. The van der Waals surface area contributed by atoms with E-state index in [2.05, 4.69) is 20.5 Å². The van der Waals surface area contributed by atoms with Gasteiger partial charge in [-0.2, -0.15) is 0 Å². The van der Waals surface area contributed by atoms with Crippen LogP contribution >= 0.6 is 23.2 Å². The lowest BCUT2D eigenvalue weighted by molar-refractivity contribution is 1.05. The average Bonchev–Trinajstić information content (AvgIpc) is 2.56. The highest BCUT2D eigenvalue weighted by Gasteiger charge is 2.03. The highest BCUT2D eigenvalue weighted by atomic mass is 35.5. The third-order valence-electron chi connectivity index (χ3n) is 1.69. The number of anilines is 2. The zero-order valence-electron chi connectivity index (χ0n) is 7.34. The van der Waals surface area contributed by atoms with Gasteiger partial charge in [-0.25, -0.2) is 9.89 Å². The Morgan fingerprint density at radius 1 is 1.33 bits per heavy atom. The summed E-state index contributed by atoms with van der Waals surface area (Å²) in [4.78, 5) is 13.2. The summed E-state index contributed by atoms with van der Waals surface area (Å²) in [5.41, 5.74) is 0.228. The number of hydrogen-bond acceptors (Lipinski definition) is 3. The van der Waals surface area contributed by atoms with Crippen molar-refractivity contribution in [1.29, 1.82) is 0 Å². The Morgan fingerprint density at radius 2 is 2.13 bits per heavy atom. The number of nitrogens with zero attached hydrogens (tertiary/aromatic N) is 1. The minimum atomic E-state index is -0.386. The van der Waals surface area contributed by atoms with Gasteiger partial charge in [-0.15, -0.1) is 5.10 Å². The lowest BCUT2D eigenvalue weighted by Crippen LogP contribution is -2.01. The first-order valence-electron chi connectivity index (χ1n) is 4.02. The summed E-state index contributed by atoms with van der Waals surface area (Å²) >= 11 is 11.6. The number of rotatable bonds is 2. The summed E-state index contributed by atoms with van der Waals surface area (Å²) in [6.45, 7) is 0. The van der Waals surface area contributed by atoms with E-state index in [1.165, 1.54) is 0 Å². The van der Waals surface area contributed by atoms with E-state index in [0.717, 1.165) is 0 Å². The number of halogens is 2. The normalized spacial score (nSPS) is 10.3. The number of benzene rings is 1. The fourth-order valence-corrected chi connectivity index (χ4v) is 1.50. The number of aromatic amines is 2. The molecule has 0 fully saturated rings. The van der Waals surface area contributed by atoms with Gasteiger partial charge in [-0.1, -0.05) is 23.2 Å². The summed E-state index contributed by atoms with van der Waals surface area (Å²) in [5.74, 6) is 0.296. The molecule has 0 spiro atoms. The number of nitrogens with one attached hydrogen (secondary N) is 3. The van der Waals surface area contributed by atoms with Crippen molar-refractivity contribution in [2.24, 2.45) is 0 Å². The zero-order valence-corrected chi connectivity index (χ0v) is 8.86. The van der Waals surface area contributed by atoms with Gasteiger partial charge in [0.2, 0.25) is 5.95 Å². The number of H-pyrrole nitrogens is 2. The average molecular weight is 245 g/mol. The van der Waals surface area contributed by atoms with Gasteiger partial charge in [-0.3, -0.25) is 4.98 Å². The molecule has 0 aliphatic carbocycles. The van der Waals surface area contributed by atoms with Crippen molar-refractivity contribution >= 4 is 34.8 Å². The van der Waals surface area contributed by atoms with E-state index in [-0.39, 0.29) is 5.69 Å². The molecule has 0 radical (unpaired) electrons. The Morgan fingerprint density at radius 3 is 2.73 bits per heavy atom. The van der Waals surface area contributed by atoms with E-state index in [9.17, 15) is 4.79 Å². The summed E-state index contributed by atoms with van der Waals surface area (Å²) in [6, 6.07) is 4.97. The van der Waals surface area contributed by atoms with Crippen LogP contribution in [-0.2, 0) is 0 Å². The van der Waals surface area contributed by atoms with E-state index < -0.39 is 0 Å². The van der Waals surface area contributed by atoms with Crippen molar-refractivity contribution in [1.82, 2.24) is 15.2 Å². The molecule has 0 atom stereocenters. The van der Waals surface area contributed by atoms with Crippen molar-refractivity contribution in [2.45, 2.75) is 0 Å². The maximum absolute atomic E-state index is 10.8. The zero-order chi connectivity index (χ0) is 10.8. The van der Waals surface area contributed by atoms with E-state index in [4.69, 9.17) is 23.2 Å². The van der Waals surface area contributed by atoms with Crippen molar-refractivity contribution in [3.05, 3.63) is 38.7 Å². The Bertz CT molecular complexity index is 533. The van der Waals surface area contributed by atoms with Gasteiger partial charge in [-0.05, 0) is 18.2 Å².